The summed E-state index contributed by atoms with van der Waals surface area (Å²) in [5, 5.41) is 0. The molecule has 0 aliphatic heterocycles. The van der Waals surface area contributed by atoms with E-state index in [1.54, 1.807) is 6.07 Å². The highest BCUT2D eigenvalue weighted by molar-refractivity contribution is 5.41. The first-order chi connectivity index (χ1) is 9.17. The molecule has 0 radical (unpaired) electrons. The minimum atomic E-state index is -0.288. The molecule has 19 heavy (non-hydrogen) atoms. The summed E-state index contributed by atoms with van der Waals surface area (Å²) in [4.78, 5) is 0. The number of nitrogens with two attached hydrogens (primary N) is 1. The summed E-state index contributed by atoms with van der Waals surface area (Å²) in [7, 11) is 0. The first kappa shape index (κ1) is 15.7. The number of hydrogen-bond donors (Lipinski definition) is 1. The van der Waals surface area contributed by atoms with Crippen molar-refractivity contribution in [3.63, 3.8) is 0 Å². The lowest BCUT2D eigenvalue weighted by molar-refractivity contribution is 0.0892. The van der Waals surface area contributed by atoms with Gasteiger partial charge >= 0.3 is 0 Å². The fourth-order valence-corrected chi connectivity index (χ4v) is 1.88. The van der Waals surface area contributed by atoms with Crippen molar-refractivity contribution in [2.75, 3.05) is 13.2 Å². The molecule has 0 fully saturated rings. The molecule has 2 nitrogen and oxygen atoms in total. The van der Waals surface area contributed by atoms with E-state index in [9.17, 15) is 4.39 Å². The van der Waals surface area contributed by atoms with Gasteiger partial charge in [0, 0.05) is 12.2 Å². The van der Waals surface area contributed by atoms with Crippen LogP contribution in [0.25, 0.3) is 0 Å². The minimum Gasteiger partial charge on any atom is -0.376 e. The van der Waals surface area contributed by atoms with E-state index in [2.05, 4.69) is 25.7 Å². The van der Waals surface area contributed by atoms with Crippen molar-refractivity contribution in [3.05, 3.63) is 35.1 Å². The molecule has 0 aliphatic rings. The van der Waals surface area contributed by atoms with Gasteiger partial charge in [0.2, 0.25) is 0 Å². The maximum atomic E-state index is 13.2. The van der Waals surface area contributed by atoms with Crippen LogP contribution in [0.15, 0.2) is 18.2 Å². The average molecular weight is 263 g/mol. The van der Waals surface area contributed by atoms with Gasteiger partial charge in [-0.2, -0.15) is 0 Å². The Morgan fingerprint density at radius 3 is 2.89 bits per heavy atom. The molecular formula is C16H22FNO. The van der Waals surface area contributed by atoms with Crippen LogP contribution in [-0.4, -0.2) is 13.2 Å². The molecule has 104 valence electrons. The Morgan fingerprint density at radius 1 is 1.42 bits per heavy atom. The number of rotatable bonds is 6. The maximum Gasteiger partial charge on any atom is 0.124 e. The number of halogens is 1. The molecule has 0 bridgehead atoms. The number of benzene rings is 1. The van der Waals surface area contributed by atoms with E-state index in [0.717, 1.165) is 25.0 Å². The zero-order valence-electron chi connectivity index (χ0n) is 11.7. The second-order valence-electron chi connectivity index (χ2n) is 4.72. The summed E-state index contributed by atoms with van der Waals surface area (Å²) in [5.41, 5.74) is 6.91. The van der Waals surface area contributed by atoms with Crippen molar-refractivity contribution in [3.8, 4) is 11.8 Å². The molecule has 1 atom stereocenters. The molecule has 1 aromatic rings. The van der Waals surface area contributed by atoms with E-state index in [1.165, 1.54) is 12.1 Å². The predicted molar refractivity (Wildman–Crippen MR) is 76.1 cm³/mol. The van der Waals surface area contributed by atoms with Crippen LogP contribution < -0.4 is 5.73 Å². The molecule has 1 rings (SSSR count). The van der Waals surface area contributed by atoms with Gasteiger partial charge in [-0.1, -0.05) is 38.2 Å². The number of ether oxygens (including phenoxy) is 1. The van der Waals surface area contributed by atoms with Crippen LogP contribution in [0.2, 0.25) is 0 Å². The van der Waals surface area contributed by atoms with Crippen molar-refractivity contribution in [2.24, 2.45) is 11.7 Å². The van der Waals surface area contributed by atoms with Crippen LogP contribution in [-0.2, 0) is 11.3 Å². The quantitative estimate of drug-likeness (QED) is 0.800. The zero-order chi connectivity index (χ0) is 14.1. The highest BCUT2D eigenvalue weighted by Gasteiger charge is 2.05. The third-order valence-electron chi connectivity index (χ3n) is 2.84. The highest BCUT2D eigenvalue weighted by Crippen LogP contribution is 2.13. The largest absolute Gasteiger partial charge is 0.376 e. The van der Waals surface area contributed by atoms with Gasteiger partial charge in [0.05, 0.1) is 13.2 Å². The molecule has 0 spiro atoms. The van der Waals surface area contributed by atoms with Gasteiger partial charge in [-0.25, -0.2) is 4.39 Å². The van der Waals surface area contributed by atoms with Gasteiger partial charge in [0.1, 0.15) is 5.82 Å². The van der Waals surface area contributed by atoms with Crippen molar-refractivity contribution in [1.82, 2.24) is 0 Å². The lowest BCUT2D eigenvalue weighted by atomic mass is 10.1. The van der Waals surface area contributed by atoms with Gasteiger partial charge in [-0.15, -0.1) is 0 Å². The molecular weight excluding hydrogens is 241 g/mol. The Labute approximate surface area is 115 Å². The molecule has 0 aliphatic carbocycles. The zero-order valence-corrected chi connectivity index (χ0v) is 11.7. The van der Waals surface area contributed by atoms with E-state index in [0.29, 0.717) is 18.1 Å². The van der Waals surface area contributed by atoms with E-state index in [-0.39, 0.29) is 12.4 Å². The van der Waals surface area contributed by atoms with E-state index >= 15 is 0 Å². The maximum absolute atomic E-state index is 13.2. The summed E-state index contributed by atoms with van der Waals surface area (Å²) >= 11 is 0. The second kappa shape index (κ2) is 8.68. The van der Waals surface area contributed by atoms with Crippen LogP contribution in [0.5, 0.6) is 0 Å². The smallest absolute Gasteiger partial charge is 0.124 e. The van der Waals surface area contributed by atoms with Crippen LogP contribution in [0.1, 0.15) is 37.8 Å². The fourth-order valence-electron chi connectivity index (χ4n) is 1.88. The Hall–Kier alpha value is -1.37. The minimum absolute atomic E-state index is 0.268. The third-order valence-corrected chi connectivity index (χ3v) is 2.84. The molecule has 0 heterocycles. The van der Waals surface area contributed by atoms with E-state index in [1.807, 2.05) is 0 Å². The predicted octanol–water partition coefficient (Wildman–Crippen LogP) is 3.09. The first-order valence-corrected chi connectivity index (χ1v) is 6.72. The molecule has 3 heteroatoms. The number of hydrogen-bond acceptors (Lipinski definition) is 2. The molecule has 1 aromatic carbocycles. The first-order valence-electron chi connectivity index (χ1n) is 6.72. The second-order valence-corrected chi connectivity index (χ2v) is 4.72. The Kier molecular flexibility index (Phi) is 7.17. The van der Waals surface area contributed by atoms with Crippen molar-refractivity contribution in [2.45, 2.75) is 33.3 Å². The molecule has 1 unspecified atom stereocenters. The fraction of sp³-hybridized carbons (Fsp3) is 0.500. The summed E-state index contributed by atoms with van der Waals surface area (Å²) in [6, 6.07) is 4.58. The summed E-state index contributed by atoms with van der Waals surface area (Å²) < 4.78 is 18.9. The monoisotopic (exact) mass is 263 g/mol. The molecule has 0 amide bonds. The SMILES string of the molecule is CCCC(C)COCc1ccc(F)cc1C#CCN. The van der Waals surface area contributed by atoms with Crippen LogP contribution >= 0.6 is 0 Å². The van der Waals surface area contributed by atoms with Crippen LogP contribution in [0.4, 0.5) is 4.39 Å². The van der Waals surface area contributed by atoms with E-state index < -0.39 is 0 Å². The Bertz CT molecular complexity index is 448. The molecule has 0 saturated carbocycles. The Balaban J connectivity index is 2.62. The molecule has 0 aromatic heterocycles. The van der Waals surface area contributed by atoms with Crippen LogP contribution in [0, 0.1) is 23.6 Å². The van der Waals surface area contributed by atoms with Crippen molar-refractivity contribution in [1.29, 1.82) is 0 Å². The van der Waals surface area contributed by atoms with Gasteiger partial charge in [-0.3, -0.25) is 0 Å². The normalized spacial score (nSPS) is 11.8. The summed E-state index contributed by atoms with van der Waals surface area (Å²) in [6.45, 7) is 5.78. The van der Waals surface area contributed by atoms with Crippen molar-refractivity contribution >= 4 is 0 Å². The molecule has 0 saturated heterocycles. The highest BCUT2D eigenvalue weighted by atomic mass is 19.1. The topological polar surface area (TPSA) is 35.2 Å². The summed E-state index contributed by atoms with van der Waals surface area (Å²) in [6.07, 6.45) is 2.32. The third kappa shape index (κ3) is 5.87. The molecule has 2 N–H and O–H groups in total. The van der Waals surface area contributed by atoms with Crippen molar-refractivity contribution < 1.29 is 9.13 Å². The van der Waals surface area contributed by atoms with E-state index in [4.69, 9.17) is 10.5 Å². The van der Waals surface area contributed by atoms with Gasteiger partial charge in [0.25, 0.3) is 0 Å². The summed E-state index contributed by atoms with van der Waals surface area (Å²) in [5.74, 6) is 5.89. The lowest BCUT2D eigenvalue weighted by Gasteiger charge is -2.11. The van der Waals surface area contributed by atoms with Crippen LogP contribution in [0.3, 0.4) is 0 Å². The van der Waals surface area contributed by atoms with Gasteiger partial charge in [-0.05, 0) is 30.0 Å². The lowest BCUT2D eigenvalue weighted by Crippen LogP contribution is -2.06. The standard InChI is InChI=1S/C16H22FNO/c1-3-5-13(2)11-19-12-15-7-8-16(17)10-14(15)6-4-9-18/h7-8,10,13H,3,5,9,11-12,18H2,1-2H3. The van der Waals surface area contributed by atoms with Gasteiger partial charge < -0.3 is 10.5 Å². The average Bonchev–Trinajstić information content (AvgIpc) is 2.39. The van der Waals surface area contributed by atoms with Gasteiger partial charge in [0.15, 0.2) is 0 Å². The Morgan fingerprint density at radius 2 is 2.21 bits per heavy atom.